The molecule has 1 N–H and O–H groups in total. The fourth-order valence-electron chi connectivity index (χ4n) is 3.68. The lowest BCUT2D eigenvalue weighted by atomic mass is 10.2. The van der Waals surface area contributed by atoms with Crippen molar-refractivity contribution in [2.45, 2.75) is 30.7 Å². The molecule has 0 spiro atoms. The first kappa shape index (κ1) is 27.4. The van der Waals surface area contributed by atoms with Crippen LogP contribution in [0.25, 0.3) is 0 Å². The van der Waals surface area contributed by atoms with Crippen LogP contribution in [0, 0.1) is 0 Å². The Morgan fingerprint density at radius 3 is 2.50 bits per heavy atom. The standard InChI is InChI=1S/C27H24ClF2N3O4S/c1-2-36-22-10-6-9-20(15-22)31-24(34)16-23-25(35)33(17-18-7-4-3-5-8-18)26(38-23)32-19-11-13-21(14-12-19)37-27(28,29)30/h3-15,23H,2,16-17H2,1H3,(H,31,34). The Bertz CT molecular complexity index is 1300. The van der Waals surface area contributed by atoms with E-state index >= 15 is 0 Å². The highest BCUT2D eigenvalue weighted by molar-refractivity contribution is 8.15. The molecule has 1 aliphatic heterocycles. The van der Waals surface area contributed by atoms with E-state index in [2.05, 4.69) is 15.0 Å². The zero-order valence-corrected chi connectivity index (χ0v) is 21.8. The van der Waals surface area contributed by atoms with Gasteiger partial charge in [0.25, 0.3) is 0 Å². The molecule has 0 bridgehead atoms. The third-order valence-corrected chi connectivity index (χ3v) is 6.55. The Hall–Kier alpha value is -3.63. The van der Waals surface area contributed by atoms with Gasteiger partial charge in [0.15, 0.2) is 5.17 Å². The van der Waals surface area contributed by atoms with Crippen LogP contribution < -0.4 is 14.8 Å². The minimum absolute atomic E-state index is 0.0652. The average Bonchev–Trinajstić information content (AvgIpc) is 3.14. The van der Waals surface area contributed by atoms with Crippen LogP contribution in [0.15, 0.2) is 83.9 Å². The zero-order chi connectivity index (χ0) is 27.1. The molecule has 4 rings (SSSR count). The molecule has 1 unspecified atom stereocenters. The van der Waals surface area contributed by atoms with E-state index < -0.39 is 10.8 Å². The number of aliphatic imine (C=N–C) groups is 1. The van der Waals surface area contributed by atoms with E-state index in [4.69, 9.17) is 16.3 Å². The summed E-state index contributed by atoms with van der Waals surface area (Å²) in [7, 11) is 0. The third kappa shape index (κ3) is 7.69. The first-order chi connectivity index (χ1) is 18.2. The van der Waals surface area contributed by atoms with Crippen LogP contribution >= 0.6 is 23.4 Å². The van der Waals surface area contributed by atoms with Crippen molar-refractivity contribution >= 4 is 51.7 Å². The molecule has 7 nitrogen and oxygen atoms in total. The van der Waals surface area contributed by atoms with Gasteiger partial charge >= 0.3 is 5.57 Å². The minimum Gasteiger partial charge on any atom is -0.494 e. The topological polar surface area (TPSA) is 80.2 Å². The van der Waals surface area contributed by atoms with E-state index in [1.807, 2.05) is 37.3 Å². The molecular weight excluding hydrogens is 536 g/mol. The maximum absolute atomic E-state index is 13.4. The van der Waals surface area contributed by atoms with Crippen molar-refractivity contribution in [2.75, 3.05) is 11.9 Å². The van der Waals surface area contributed by atoms with Crippen LogP contribution in [0.5, 0.6) is 11.5 Å². The van der Waals surface area contributed by atoms with Crippen molar-refractivity contribution in [1.82, 2.24) is 4.90 Å². The molecule has 0 aromatic heterocycles. The Kier molecular flexibility index (Phi) is 8.85. The van der Waals surface area contributed by atoms with E-state index in [0.717, 1.165) is 5.56 Å². The van der Waals surface area contributed by atoms with Crippen LogP contribution in [-0.4, -0.2) is 39.3 Å². The van der Waals surface area contributed by atoms with Crippen LogP contribution in [0.3, 0.4) is 0 Å². The van der Waals surface area contributed by atoms with Gasteiger partial charge in [0.1, 0.15) is 16.7 Å². The Morgan fingerprint density at radius 1 is 1.08 bits per heavy atom. The monoisotopic (exact) mass is 559 g/mol. The third-order valence-electron chi connectivity index (χ3n) is 5.30. The van der Waals surface area contributed by atoms with Gasteiger partial charge in [-0.3, -0.25) is 14.5 Å². The highest BCUT2D eigenvalue weighted by Crippen LogP contribution is 2.34. The highest BCUT2D eigenvalue weighted by atomic mass is 35.5. The number of amidine groups is 1. The number of halogens is 3. The fraction of sp³-hybridized carbons (Fsp3) is 0.222. The summed E-state index contributed by atoms with van der Waals surface area (Å²) in [6, 6.07) is 22.0. The molecule has 11 heteroatoms. The molecule has 1 aliphatic rings. The SMILES string of the molecule is CCOc1cccc(NC(=O)CC2SC(=Nc3ccc(OC(F)(F)Cl)cc3)N(Cc3ccccc3)C2=O)c1. The Balaban J connectivity index is 1.51. The van der Waals surface area contributed by atoms with E-state index in [0.29, 0.717) is 28.9 Å². The number of nitrogens with one attached hydrogen (secondary N) is 1. The summed E-state index contributed by atoms with van der Waals surface area (Å²) in [5, 5.41) is 2.52. The van der Waals surface area contributed by atoms with Gasteiger partial charge in [-0.15, -0.1) is 8.78 Å². The normalized spacial score (nSPS) is 16.5. The predicted octanol–water partition coefficient (Wildman–Crippen LogP) is 6.41. The molecule has 3 aromatic carbocycles. The smallest absolute Gasteiger partial charge is 0.487 e. The van der Waals surface area contributed by atoms with E-state index in [9.17, 15) is 18.4 Å². The number of rotatable bonds is 10. The molecule has 1 heterocycles. The fourth-order valence-corrected chi connectivity index (χ4v) is 4.93. The number of carbonyl (C=O) groups is 2. The number of thioether (sulfide) groups is 1. The summed E-state index contributed by atoms with van der Waals surface area (Å²) in [4.78, 5) is 32.2. The van der Waals surface area contributed by atoms with E-state index in [1.54, 1.807) is 24.3 Å². The first-order valence-corrected chi connectivity index (χ1v) is 12.9. The molecule has 0 radical (unpaired) electrons. The van der Waals surface area contributed by atoms with Gasteiger partial charge in [-0.25, -0.2) is 4.99 Å². The van der Waals surface area contributed by atoms with Crippen LogP contribution in [0.4, 0.5) is 20.2 Å². The van der Waals surface area contributed by atoms with E-state index in [1.165, 1.54) is 40.9 Å². The number of ether oxygens (including phenoxy) is 2. The van der Waals surface area contributed by atoms with Crippen LogP contribution in [0.2, 0.25) is 0 Å². The maximum atomic E-state index is 13.4. The maximum Gasteiger partial charge on any atom is 0.487 e. The summed E-state index contributed by atoms with van der Waals surface area (Å²) in [5.74, 6) is -0.0778. The van der Waals surface area contributed by atoms with Gasteiger partial charge in [-0.2, -0.15) is 0 Å². The van der Waals surface area contributed by atoms with Gasteiger partial charge in [0.05, 0.1) is 18.8 Å². The lowest BCUT2D eigenvalue weighted by Crippen LogP contribution is -2.33. The molecule has 38 heavy (non-hydrogen) atoms. The number of amides is 2. The van der Waals surface area contributed by atoms with E-state index in [-0.39, 0.29) is 30.5 Å². The summed E-state index contributed by atoms with van der Waals surface area (Å²) in [5.41, 5.74) is -1.95. The lowest BCUT2D eigenvalue weighted by molar-refractivity contribution is -0.128. The number of anilines is 1. The van der Waals surface area contributed by atoms with Crippen molar-refractivity contribution in [1.29, 1.82) is 0 Å². The molecule has 3 aromatic rings. The molecule has 0 aliphatic carbocycles. The quantitative estimate of drug-likeness (QED) is 0.290. The molecular formula is C27H24ClF2N3O4S. The van der Waals surface area contributed by atoms with Crippen LogP contribution in [-0.2, 0) is 16.1 Å². The van der Waals surface area contributed by atoms with Crippen molar-refractivity contribution in [3.8, 4) is 11.5 Å². The largest absolute Gasteiger partial charge is 0.494 e. The molecule has 1 saturated heterocycles. The number of carbonyl (C=O) groups excluding carboxylic acids is 2. The van der Waals surface area contributed by atoms with Crippen LogP contribution in [0.1, 0.15) is 18.9 Å². The average molecular weight is 560 g/mol. The lowest BCUT2D eigenvalue weighted by Gasteiger charge is -2.17. The predicted molar refractivity (Wildman–Crippen MR) is 144 cm³/mol. The molecule has 2 amide bonds. The minimum atomic E-state index is -3.83. The summed E-state index contributed by atoms with van der Waals surface area (Å²) in [6.45, 7) is 2.63. The van der Waals surface area contributed by atoms with Gasteiger partial charge in [0.2, 0.25) is 11.8 Å². The van der Waals surface area contributed by atoms with Crippen molar-refractivity contribution in [2.24, 2.45) is 4.99 Å². The van der Waals surface area contributed by atoms with Crippen molar-refractivity contribution < 1.29 is 27.8 Å². The molecule has 0 saturated carbocycles. The highest BCUT2D eigenvalue weighted by Gasteiger charge is 2.39. The first-order valence-electron chi connectivity index (χ1n) is 11.7. The van der Waals surface area contributed by atoms with Crippen molar-refractivity contribution in [3.05, 3.63) is 84.4 Å². The Labute approximate surface area is 227 Å². The number of hydrogen-bond acceptors (Lipinski definition) is 6. The molecule has 1 atom stereocenters. The van der Waals surface area contributed by atoms with Gasteiger partial charge in [-0.1, -0.05) is 48.2 Å². The summed E-state index contributed by atoms with van der Waals surface area (Å²) < 4.78 is 35.6. The number of hydrogen-bond donors (Lipinski definition) is 1. The molecule has 1 fully saturated rings. The summed E-state index contributed by atoms with van der Waals surface area (Å²) in [6.07, 6.45) is -0.0652. The van der Waals surface area contributed by atoms with Crippen molar-refractivity contribution in [3.63, 3.8) is 0 Å². The second-order valence-corrected chi connectivity index (χ2v) is 9.78. The number of benzene rings is 3. The molecule has 198 valence electrons. The Morgan fingerprint density at radius 2 is 1.82 bits per heavy atom. The number of alkyl halides is 3. The zero-order valence-electron chi connectivity index (χ0n) is 20.3. The van der Waals surface area contributed by atoms with Gasteiger partial charge in [0, 0.05) is 29.8 Å². The summed E-state index contributed by atoms with van der Waals surface area (Å²) >= 11 is 5.99. The second kappa shape index (κ2) is 12.3. The van der Waals surface area contributed by atoms with Gasteiger partial charge < -0.3 is 14.8 Å². The second-order valence-electron chi connectivity index (χ2n) is 8.17. The number of nitrogens with zero attached hydrogens (tertiary/aromatic N) is 2. The van der Waals surface area contributed by atoms with Gasteiger partial charge in [-0.05, 0) is 48.9 Å².